The van der Waals surface area contributed by atoms with Gasteiger partial charge in [0.25, 0.3) is 0 Å². The van der Waals surface area contributed by atoms with Gasteiger partial charge in [0.1, 0.15) is 0 Å². The van der Waals surface area contributed by atoms with Crippen LogP contribution in [0.2, 0.25) is 0 Å². The van der Waals surface area contributed by atoms with Gasteiger partial charge in [0.15, 0.2) is 0 Å². The number of hydrogen-bond donors (Lipinski definition) is 0. The van der Waals surface area contributed by atoms with Crippen LogP contribution in [0.5, 0.6) is 0 Å². The Balaban J connectivity index is 1.57. The van der Waals surface area contributed by atoms with Crippen molar-refractivity contribution in [3.8, 4) is 0 Å². The minimum Gasteiger partial charge on any atom is -0.311 e. The van der Waals surface area contributed by atoms with Crippen LogP contribution in [0.25, 0.3) is 0 Å². The van der Waals surface area contributed by atoms with Gasteiger partial charge in [-0.1, -0.05) is 102 Å². The third-order valence-electron chi connectivity index (χ3n) is 7.38. The summed E-state index contributed by atoms with van der Waals surface area (Å²) in [5.41, 5.74) is 9.67. The van der Waals surface area contributed by atoms with Crippen molar-refractivity contribution >= 4 is 34.1 Å². The standard InChI is InChI=1S/C38H40N2/c1-37(2,3)29-17-21-33(22-18-29)40(34-23-19-30(20-24-34)38(4,5)6)36-27-25-35(26-28-36)39(31-13-9-7-10-14-31)32-15-11-8-12-16-32/h7-28H,1-6H3. The summed E-state index contributed by atoms with van der Waals surface area (Å²) < 4.78 is 0. The summed E-state index contributed by atoms with van der Waals surface area (Å²) in [6.07, 6.45) is 0. The van der Waals surface area contributed by atoms with E-state index in [1.165, 1.54) is 11.1 Å². The van der Waals surface area contributed by atoms with E-state index in [0.29, 0.717) is 0 Å². The molecule has 0 radical (unpaired) electrons. The van der Waals surface area contributed by atoms with Crippen LogP contribution < -0.4 is 9.80 Å². The zero-order valence-corrected chi connectivity index (χ0v) is 24.6. The Morgan fingerprint density at radius 3 is 0.775 bits per heavy atom. The molecule has 0 atom stereocenters. The fourth-order valence-corrected chi connectivity index (χ4v) is 5.02. The van der Waals surface area contributed by atoms with E-state index in [-0.39, 0.29) is 10.8 Å². The van der Waals surface area contributed by atoms with E-state index in [9.17, 15) is 0 Å². The molecular weight excluding hydrogens is 484 g/mol. The summed E-state index contributed by atoms with van der Waals surface area (Å²) in [6, 6.07) is 48.0. The predicted octanol–water partition coefficient (Wildman–Crippen LogP) is 11.2. The molecule has 202 valence electrons. The molecule has 0 saturated heterocycles. The Hall–Kier alpha value is -4.30. The lowest BCUT2D eigenvalue weighted by Gasteiger charge is -2.29. The molecule has 2 heteroatoms. The summed E-state index contributed by atoms with van der Waals surface area (Å²) >= 11 is 0. The van der Waals surface area contributed by atoms with Gasteiger partial charge in [-0.05, 0) is 94.8 Å². The van der Waals surface area contributed by atoms with Gasteiger partial charge < -0.3 is 9.80 Å². The van der Waals surface area contributed by atoms with Gasteiger partial charge >= 0.3 is 0 Å². The van der Waals surface area contributed by atoms with Crippen LogP contribution in [0, 0.1) is 0 Å². The minimum absolute atomic E-state index is 0.109. The van der Waals surface area contributed by atoms with Crippen LogP contribution in [-0.2, 0) is 10.8 Å². The van der Waals surface area contributed by atoms with Crippen molar-refractivity contribution in [3.05, 3.63) is 145 Å². The van der Waals surface area contributed by atoms with Gasteiger partial charge in [0, 0.05) is 34.1 Å². The normalized spacial score (nSPS) is 11.8. The molecule has 0 bridgehead atoms. The van der Waals surface area contributed by atoms with Crippen molar-refractivity contribution in [1.82, 2.24) is 0 Å². The fraction of sp³-hybridized carbons (Fsp3) is 0.211. The summed E-state index contributed by atoms with van der Waals surface area (Å²) in [5, 5.41) is 0. The molecular formula is C38H40N2. The second kappa shape index (κ2) is 11.1. The van der Waals surface area contributed by atoms with Crippen molar-refractivity contribution in [3.63, 3.8) is 0 Å². The number of rotatable bonds is 6. The maximum atomic E-state index is 2.35. The molecule has 0 heterocycles. The number of para-hydroxylation sites is 2. The predicted molar refractivity (Wildman–Crippen MR) is 173 cm³/mol. The molecule has 0 amide bonds. The number of nitrogens with zero attached hydrogens (tertiary/aromatic N) is 2. The molecule has 40 heavy (non-hydrogen) atoms. The summed E-state index contributed by atoms with van der Waals surface area (Å²) in [7, 11) is 0. The number of anilines is 6. The first-order valence-corrected chi connectivity index (χ1v) is 14.1. The summed E-state index contributed by atoms with van der Waals surface area (Å²) in [4.78, 5) is 4.64. The lowest BCUT2D eigenvalue weighted by molar-refractivity contribution is 0.590. The Kier molecular flexibility index (Phi) is 7.54. The van der Waals surface area contributed by atoms with Crippen LogP contribution in [-0.4, -0.2) is 0 Å². The van der Waals surface area contributed by atoms with Crippen LogP contribution >= 0.6 is 0 Å². The smallest absolute Gasteiger partial charge is 0.0463 e. The molecule has 0 aliphatic heterocycles. The first-order valence-electron chi connectivity index (χ1n) is 14.1. The summed E-state index contributed by atoms with van der Waals surface area (Å²) in [6.45, 7) is 13.6. The molecule has 0 unspecified atom stereocenters. The Morgan fingerprint density at radius 2 is 0.525 bits per heavy atom. The first-order chi connectivity index (χ1) is 19.1. The topological polar surface area (TPSA) is 6.48 Å². The van der Waals surface area contributed by atoms with Crippen molar-refractivity contribution in [2.24, 2.45) is 0 Å². The third-order valence-corrected chi connectivity index (χ3v) is 7.38. The zero-order chi connectivity index (χ0) is 28.3. The van der Waals surface area contributed by atoms with E-state index >= 15 is 0 Å². The number of hydrogen-bond acceptors (Lipinski definition) is 2. The second-order valence-corrected chi connectivity index (χ2v) is 12.5. The van der Waals surface area contributed by atoms with E-state index in [4.69, 9.17) is 0 Å². The molecule has 5 aromatic carbocycles. The second-order valence-electron chi connectivity index (χ2n) is 12.5. The van der Waals surface area contributed by atoms with E-state index in [1.807, 2.05) is 0 Å². The van der Waals surface area contributed by atoms with Gasteiger partial charge in [-0.3, -0.25) is 0 Å². The molecule has 0 aliphatic rings. The molecule has 2 nitrogen and oxygen atoms in total. The maximum absolute atomic E-state index is 2.35. The van der Waals surface area contributed by atoms with Crippen molar-refractivity contribution in [2.45, 2.75) is 52.4 Å². The van der Waals surface area contributed by atoms with Crippen LogP contribution in [0.15, 0.2) is 133 Å². The third kappa shape index (κ3) is 5.97. The molecule has 0 spiro atoms. The molecule has 0 fully saturated rings. The van der Waals surface area contributed by atoms with Gasteiger partial charge in [-0.25, -0.2) is 0 Å². The highest BCUT2D eigenvalue weighted by Crippen LogP contribution is 2.40. The Morgan fingerprint density at radius 1 is 0.300 bits per heavy atom. The molecule has 0 aliphatic carbocycles. The highest BCUT2D eigenvalue weighted by Gasteiger charge is 2.19. The highest BCUT2D eigenvalue weighted by molar-refractivity contribution is 5.81. The van der Waals surface area contributed by atoms with Crippen molar-refractivity contribution in [1.29, 1.82) is 0 Å². The summed E-state index contributed by atoms with van der Waals surface area (Å²) in [5.74, 6) is 0. The zero-order valence-electron chi connectivity index (χ0n) is 24.6. The SMILES string of the molecule is CC(C)(C)c1ccc(N(c2ccc(N(c3ccccc3)c3ccccc3)cc2)c2ccc(C(C)(C)C)cc2)cc1. The lowest BCUT2D eigenvalue weighted by Crippen LogP contribution is -2.14. The minimum atomic E-state index is 0.109. The van der Waals surface area contributed by atoms with Crippen LogP contribution in [0.3, 0.4) is 0 Å². The quantitative estimate of drug-likeness (QED) is 0.218. The van der Waals surface area contributed by atoms with E-state index < -0.39 is 0 Å². The van der Waals surface area contributed by atoms with E-state index in [1.54, 1.807) is 0 Å². The first kappa shape index (κ1) is 27.3. The van der Waals surface area contributed by atoms with E-state index in [0.717, 1.165) is 34.1 Å². The molecule has 0 N–H and O–H groups in total. The van der Waals surface area contributed by atoms with Gasteiger partial charge in [0.2, 0.25) is 0 Å². The number of benzene rings is 5. The average molecular weight is 525 g/mol. The van der Waals surface area contributed by atoms with Gasteiger partial charge in [-0.2, -0.15) is 0 Å². The van der Waals surface area contributed by atoms with Crippen LogP contribution in [0.4, 0.5) is 34.1 Å². The molecule has 0 aromatic heterocycles. The van der Waals surface area contributed by atoms with Gasteiger partial charge in [-0.15, -0.1) is 0 Å². The lowest BCUT2D eigenvalue weighted by atomic mass is 9.86. The fourth-order valence-electron chi connectivity index (χ4n) is 5.02. The highest BCUT2D eigenvalue weighted by atomic mass is 15.2. The van der Waals surface area contributed by atoms with E-state index in [2.05, 4.69) is 185 Å². The van der Waals surface area contributed by atoms with Crippen molar-refractivity contribution in [2.75, 3.05) is 9.80 Å². The molecule has 5 aromatic rings. The van der Waals surface area contributed by atoms with Gasteiger partial charge in [0.05, 0.1) is 0 Å². The molecule has 0 saturated carbocycles. The van der Waals surface area contributed by atoms with Crippen molar-refractivity contribution < 1.29 is 0 Å². The van der Waals surface area contributed by atoms with Crippen LogP contribution in [0.1, 0.15) is 52.7 Å². The maximum Gasteiger partial charge on any atom is 0.0463 e. The molecule has 5 rings (SSSR count). The monoisotopic (exact) mass is 524 g/mol. The average Bonchev–Trinajstić information content (AvgIpc) is 2.95. The Bertz CT molecular complexity index is 1410. The Labute approximate surface area is 240 Å². The largest absolute Gasteiger partial charge is 0.311 e.